The van der Waals surface area contributed by atoms with Crippen LogP contribution in [-0.2, 0) is 16.1 Å². The van der Waals surface area contributed by atoms with Crippen molar-refractivity contribution in [2.75, 3.05) is 18.6 Å². The zero-order valence-corrected chi connectivity index (χ0v) is 16.6. The number of nitrogens with one attached hydrogen (secondary N) is 2. The van der Waals surface area contributed by atoms with E-state index in [1.54, 1.807) is 19.2 Å². The molecule has 10 heteroatoms. The fourth-order valence-electron chi connectivity index (χ4n) is 3.41. The van der Waals surface area contributed by atoms with Crippen LogP contribution >= 0.6 is 0 Å². The predicted octanol–water partition coefficient (Wildman–Crippen LogP) is 2.43. The van der Waals surface area contributed by atoms with E-state index in [1.165, 1.54) is 4.90 Å². The van der Waals surface area contributed by atoms with Crippen LogP contribution in [0.2, 0.25) is 0 Å². The molecule has 0 spiro atoms. The minimum atomic E-state index is -0.935. The molecule has 1 unspecified atom stereocenters. The minimum Gasteiger partial charge on any atom is -0.497 e. The molecule has 0 bridgehead atoms. The molecule has 1 fully saturated rings. The van der Waals surface area contributed by atoms with Gasteiger partial charge in [-0.2, -0.15) is 5.10 Å². The molecule has 2 heterocycles. The number of benzene rings is 2. The van der Waals surface area contributed by atoms with Gasteiger partial charge in [0.05, 0.1) is 13.7 Å². The number of carbonyl (C=O) groups excluding carboxylic acids is 2. The van der Waals surface area contributed by atoms with Gasteiger partial charge in [-0.25, -0.2) is 13.8 Å². The average Bonchev–Trinajstić information content (AvgIpc) is 3.38. The Morgan fingerprint density at radius 2 is 1.94 bits per heavy atom. The normalized spacial score (nSPS) is 15.9. The zero-order valence-electron chi connectivity index (χ0n) is 16.6. The Balaban J connectivity index is 1.37. The van der Waals surface area contributed by atoms with Crippen molar-refractivity contribution in [3.63, 3.8) is 0 Å². The maximum atomic E-state index is 13.5. The highest BCUT2D eigenvalue weighted by atomic mass is 19.1. The number of aromatic amines is 1. The van der Waals surface area contributed by atoms with Crippen LogP contribution < -0.4 is 15.0 Å². The van der Waals surface area contributed by atoms with Gasteiger partial charge in [0.1, 0.15) is 29.1 Å². The summed E-state index contributed by atoms with van der Waals surface area (Å²) in [5, 5.41) is 9.54. The second-order valence-corrected chi connectivity index (χ2v) is 7.01. The summed E-state index contributed by atoms with van der Waals surface area (Å²) >= 11 is 0. The van der Waals surface area contributed by atoms with Crippen molar-refractivity contribution in [3.05, 3.63) is 59.9 Å². The van der Waals surface area contributed by atoms with Crippen molar-refractivity contribution < 1.29 is 23.1 Å². The van der Waals surface area contributed by atoms with Crippen molar-refractivity contribution in [1.29, 1.82) is 0 Å². The summed E-state index contributed by atoms with van der Waals surface area (Å²) in [5.41, 5.74) is 0.871. The molecule has 3 aromatic rings. The van der Waals surface area contributed by atoms with Gasteiger partial charge in [0, 0.05) is 23.9 Å². The van der Waals surface area contributed by atoms with E-state index in [0.29, 0.717) is 17.4 Å². The number of methoxy groups -OCH3 is 1. The number of carbonyl (C=O) groups is 2. The third kappa shape index (κ3) is 4.37. The monoisotopic (exact) mass is 427 g/mol. The van der Waals surface area contributed by atoms with Crippen LogP contribution in [0.15, 0.2) is 42.5 Å². The van der Waals surface area contributed by atoms with Crippen LogP contribution in [0.1, 0.15) is 12.2 Å². The van der Waals surface area contributed by atoms with Gasteiger partial charge in [0.2, 0.25) is 11.8 Å². The number of halogens is 2. The Kier molecular flexibility index (Phi) is 5.61. The van der Waals surface area contributed by atoms with Gasteiger partial charge in [0.25, 0.3) is 0 Å². The van der Waals surface area contributed by atoms with Gasteiger partial charge in [-0.3, -0.25) is 14.7 Å². The van der Waals surface area contributed by atoms with Gasteiger partial charge in [-0.15, -0.1) is 0 Å². The van der Waals surface area contributed by atoms with Crippen LogP contribution in [0.25, 0.3) is 11.4 Å². The highest BCUT2D eigenvalue weighted by Gasteiger charge is 2.37. The number of H-pyrrole nitrogens is 1. The molecule has 0 radical (unpaired) electrons. The first-order chi connectivity index (χ1) is 14.9. The number of hydrogen-bond donors (Lipinski definition) is 2. The largest absolute Gasteiger partial charge is 0.497 e. The lowest BCUT2D eigenvalue weighted by atomic mass is 10.1. The van der Waals surface area contributed by atoms with Crippen LogP contribution in [0, 0.1) is 17.6 Å². The van der Waals surface area contributed by atoms with Gasteiger partial charge < -0.3 is 15.0 Å². The molecule has 8 nitrogen and oxygen atoms in total. The molecular formula is C21H19F2N5O3. The van der Waals surface area contributed by atoms with E-state index in [2.05, 4.69) is 20.5 Å². The highest BCUT2D eigenvalue weighted by Crippen LogP contribution is 2.27. The lowest BCUT2D eigenvalue weighted by Gasteiger charge is -2.17. The quantitative estimate of drug-likeness (QED) is 0.589. The summed E-state index contributed by atoms with van der Waals surface area (Å²) in [6.07, 6.45) is 0.246. The van der Waals surface area contributed by atoms with E-state index < -0.39 is 29.4 Å². The molecule has 1 aliphatic heterocycles. The molecule has 0 saturated carbocycles. The molecule has 2 aromatic carbocycles. The summed E-state index contributed by atoms with van der Waals surface area (Å²) in [6, 6.07) is 10.1. The molecule has 1 aliphatic rings. The number of nitrogens with zero attached hydrogens (tertiary/aromatic N) is 3. The maximum Gasteiger partial charge on any atom is 0.239 e. The second-order valence-electron chi connectivity index (χ2n) is 7.01. The molecule has 4 rings (SSSR count). The van der Waals surface area contributed by atoms with Gasteiger partial charge >= 0.3 is 0 Å². The molecule has 2 amide bonds. The number of ether oxygens (including phenoxy) is 1. The third-order valence-corrected chi connectivity index (χ3v) is 4.99. The average molecular weight is 427 g/mol. The predicted molar refractivity (Wildman–Crippen MR) is 107 cm³/mol. The molecular weight excluding hydrogens is 408 g/mol. The van der Waals surface area contributed by atoms with Crippen molar-refractivity contribution in [2.24, 2.45) is 5.92 Å². The summed E-state index contributed by atoms with van der Waals surface area (Å²) < 4.78 is 32.0. The maximum absolute atomic E-state index is 13.5. The van der Waals surface area contributed by atoms with Gasteiger partial charge in [-0.05, 0) is 42.8 Å². The summed E-state index contributed by atoms with van der Waals surface area (Å²) in [4.78, 5) is 30.7. The number of aromatic nitrogens is 3. The van der Waals surface area contributed by atoms with Crippen molar-refractivity contribution in [2.45, 2.75) is 13.0 Å². The molecule has 0 aliphatic carbocycles. The summed E-state index contributed by atoms with van der Waals surface area (Å²) in [5.74, 6) is -1.89. The number of amides is 2. The van der Waals surface area contributed by atoms with E-state index in [0.717, 1.165) is 23.8 Å². The van der Waals surface area contributed by atoms with E-state index in [1.807, 2.05) is 12.1 Å². The van der Waals surface area contributed by atoms with Crippen LogP contribution in [-0.4, -0.2) is 40.7 Å². The summed E-state index contributed by atoms with van der Waals surface area (Å²) in [7, 11) is 1.58. The molecule has 1 aromatic heterocycles. The topological polar surface area (TPSA) is 100 Å². The van der Waals surface area contributed by atoms with Crippen molar-refractivity contribution in [1.82, 2.24) is 20.5 Å². The van der Waals surface area contributed by atoms with E-state index in [9.17, 15) is 18.4 Å². The van der Waals surface area contributed by atoms with Gasteiger partial charge in [0.15, 0.2) is 5.82 Å². The van der Waals surface area contributed by atoms with E-state index >= 15 is 0 Å². The van der Waals surface area contributed by atoms with Crippen LogP contribution in [0.5, 0.6) is 5.75 Å². The van der Waals surface area contributed by atoms with Crippen molar-refractivity contribution >= 4 is 17.5 Å². The Labute approximate surface area is 176 Å². The SMILES string of the molecule is COc1ccc(-c2n[nH]c(CNC(=O)C3CCN(c4cc(F)cc(F)c4)C3=O)n2)cc1. The molecule has 160 valence electrons. The zero-order chi connectivity index (χ0) is 22.0. The van der Waals surface area contributed by atoms with Crippen LogP contribution in [0.4, 0.5) is 14.5 Å². The lowest BCUT2D eigenvalue weighted by Crippen LogP contribution is -2.36. The third-order valence-electron chi connectivity index (χ3n) is 4.99. The fourth-order valence-corrected chi connectivity index (χ4v) is 3.41. The highest BCUT2D eigenvalue weighted by molar-refractivity contribution is 6.09. The standard InChI is InChI=1S/C21H19F2N5O3/c1-31-16-4-2-12(3-5-16)19-25-18(26-27-19)11-24-20(29)17-6-7-28(21(17)30)15-9-13(22)8-14(23)10-15/h2-5,8-10,17H,6-7,11H2,1H3,(H,24,29)(H,25,26,27). The fraction of sp³-hybridized carbons (Fsp3) is 0.238. The summed E-state index contributed by atoms with van der Waals surface area (Å²) in [6.45, 7) is 0.254. The smallest absolute Gasteiger partial charge is 0.239 e. The number of rotatable bonds is 6. The first kappa shape index (κ1) is 20.5. The van der Waals surface area contributed by atoms with Crippen LogP contribution in [0.3, 0.4) is 0 Å². The first-order valence-corrected chi connectivity index (χ1v) is 9.55. The Morgan fingerprint density at radius 3 is 2.61 bits per heavy atom. The first-order valence-electron chi connectivity index (χ1n) is 9.55. The lowest BCUT2D eigenvalue weighted by molar-refractivity contribution is -0.132. The van der Waals surface area contributed by atoms with E-state index in [-0.39, 0.29) is 25.2 Å². The molecule has 1 atom stereocenters. The number of hydrogen-bond acceptors (Lipinski definition) is 5. The minimum absolute atomic E-state index is 0.0559. The molecule has 2 N–H and O–H groups in total. The van der Waals surface area contributed by atoms with Crippen molar-refractivity contribution in [3.8, 4) is 17.1 Å². The molecule has 1 saturated heterocycles. The number of anilines is 1. The second kappa shape index (κ2) is 8.50. The van der Waals surface area contributed by atoms with Gasteiger partial charge in [-0.1, -0.05) is 0 Å². The Morgan fingerprint density at radius 1 is 1.23 bits per heavy atom. The Hall–Kier alpha value is -3.82. The Bertz CT molecular complexity index is 1100. The van der Waals surface area contributed by atoms with E-state index in [4.69, 9.17) is 4.74 Å². The molecule has 31 heavy (non-hydrogen) atoms.